The Kier molecular flexibility index (Phi) is 4.17. The number of hydrogen-bond donors (Lipinski definition) is 0. The molecule has 0 atom stereocenters. The van der Waals surface area contributed by atoms with Crippen LogP contribution >= 0.6 is 11.3 Å². The maximum Gasteiger partial charge on any atom is 0.254 e. The van der Waals surface area contributed by atoms with Gasteiger partial charge in [0.1, 0.15) is 0 Å². The highest BCUT2D eigenvalue weighted by molar-refractivity contribution is 7.13. The Labute approximate surface area is 139 Å². The number of aromatic nitrogens is 3. The Balaban J connectivity index is 2.27. The Morgan fingerprint density at radius 3 is 2.70 bits per heavy atom. The number of amides is 1. The SMILES string of the molecule is CCN(CC)C(=O)c1cc(-c2cccs2)nc2c1c(C)nn2C. The monoisotopic (exact) mass is 328 g/mol. The number of nitrogens with zero attached hydrogens (tertiary/aromatic N) is 4. The number of thiophene rings is 1. The zero-order chi connectivity index (χ0) is 16.6. The Morgan fingerprint density at radius 2 is 2.09 bits per heavy atom. The highest BCUT2D eigenvalue weighted by Crippen LogP contribution is 2.29. The first-order chi connectivity index (χ1) is 11.1. The topological polar surface area (TPSA) is 51.0 Å². The predicted molar refractivity (Wildman–Crippen MR) is 93.8 cm³/mol. The van der Waals surface area contributed by atoms with Crippen molar-refractivity contribution in [3.05, 3.63) is 34.8 Å². The van der Waals surface area contributed by atoms with Gasteiger partial charge in [0.2, 0.25) is 0 Å². The van der Waals surface area contributed by atoms with Gasteiger partial charge in [-0.1, -0.05) is 6.07 Å². The third-order valence-corrected chi connectivity index (χ3v) is 4.92. The van der Waals surface area contributed by atoms with Crippen LogP contribution in [0.4, 0.5) is 0 Å². The minimum atomic E-state index is 0.0382. The second kappa shape index (κ2) is 6.12. The molecule has 0 saturated carbocycles. The van der Waals surface area contributed by atoms with Gasteiger partial charge in [-0.15, -0.1) is 11.3 Å². The lowest BCUT2D eigenvalue weighted by Crippen LogP contribution is -2.30. The molecule has 120 valence electrons. The number of rotatable bonds is 4. The Bertz CT molecular complexity index is 847. The summed E-state index contributed by atoms with van der Waals surface area (Å²) in [4.78, 5) is 20.6. The summed E-state index contributed by atoms with van der Waals surface area (Å²) < 4.78 is 1.75. The highest BCUT2D eigenvalue weighted by atomic mass is 32.1. The second-order valence-electron chi connectivity index (χ2n) is 5.42. The van der Waals surface area contributed by atoms with Crippen molar-refractivity contribution in [2.75, 3.05) is 13.1 Å². The molecule has 0 bridgehead atoms. The number of carbonyl (C=O) groups excluding carboxylic acids is 1. The van der Waals surface area contributed by atoms with E-state index in [2.05, 4.69) is 5.10 Å². The van der Waals surface area contributed by atoms with E-state index in [0.717, 1.165) is 27.3 Å². The van der Waals surface area contributed by atoms with Crippen LogP contribution in [0, 0.1) is 6.92 Å². The molecule has 0 aliphatic rings. The molecule has 0 saturated heterocycles. The molecule has 23 heavy (non-hydrogen) atoms. The molecule has 5 nitrogen and oxygen atoms in total. The molecule has 0 radical (unpaired) electrons. The molecular weight excluding hydrogens is 308 g/mol. The van der Waals surface area contributed by atoms with E-state index >= 15 is 0 Å². The molecule has 0 unspecified atom stereocenters. The minimum absolute atomic E-state index is 0.0382. The summed E-state index contributed by atoms with van der Waals surface area (Å²) in [6, 6.07) is 5.92. The second-order valence-corrected chi connectivity index (χ2v) is 6.37. The lowest BCUT2D eigenvalue weighted by atomic mass is 10.1. The molecule has 3 aromatic rings. The van der Waals surface area contributed by atoms with Crippen molar-refractivity contribution in [1.82, 2.24) is 19.7 Å². The van der Waals surface area contributed by atoms with E-state index in [1.807, 2.05) is 56.3 Å². The Hall–Kier alpha value is -2.21. The van der Waals surface area contributed by atoms with Gasteiger partial charge in [-0.3, -0.25) is 9.48 Å². The Morgan fingerprint density at radius 1 is 1.35 bits per heavy atom. The van der Waals surface area contributed by atoms with E-state index in [1.165, 1.54) is 0 Å². The molecule has 0 fully saturated rings. The number of fused-ring (bicyclic) bond motifs is 1. The highest BCUT2D eigenvalue weighted by Gasteiger charge is 2.22. The molecular formula is C17H20N4OS. The van der Waals surface area contributed by atoms with Crippen LogP contribution in [0.5, 0.6) is 0 Å². The van der Waals surface area contributed by atoms with Crippen LogP contribution in [0.2, 0.25) is 0 Å². The summed E-state index contributed by atoms with van der Waals surface area (Å²) in [5, 5.41) is 7.32. The van der Waals surface area contributed by atoms with Gasteiger partial charge in [0.15, 0.2) is 5.65 Å². The van der Waals surface area contributed by atoms with E-state index in [4.69, 9.17) is 4.98 Å². The third kappa shape index (κ3) is 2.63. The van der Waals surface area contributed by atoms with Crippen LogP contribution < -0.4 is 0 Å². The van der Waals surface area contributed by atoms with Gasteiger partial charge in [0, 0.05) is 20.1 Å². The lowest BCUT2D eigenvalue weighted by Gasteiger charge is -2.19. The van der Waals surface area contributed by atoms with E-state index in [0.29, 0.717) is 18.7 Å². The normalized spacial score (nSPS) is 11.1. The molecule has 0 N–H and O–H groups in total. The van der Waals surface area contributed by atoms with E-state index in [1.54, 1.807) is 16.0 Å². The van der Waals surface area contributed by atoms with Gasteiger partial charge in [-0.25, -0.2) is 4.98 Å². The van der Waals surface area contributed by atoms with Crippen molar-refractivity contribution < 1.29 is 4.79 Å². The van der Waals surface area contributed by atoms with Gasteiger partial charge in [-0.2, -0.15) is 5.10 Å². The fourth-order valence-electron chi connectivity index (χ4n) is 2.85. The van der Waals surface area contributed by atoms with Crippen molar-refractivity contribution in [2.24, 2.45) is 7.05 Å². The number of aryl methyl sites for hydroxylation is 2. The average molecular weight is 328 g/mol. The van der Waals surface area contributed by atoms with Crippen LogP contribution in [-0.2, 0) is 7.05 Å². The summed E-state index contributed by atoms with van der Waals surface area (Å²) in [5.41, 5.74) is 3.10. The summed E-state index contributed by atoms with van der Waals surface area (Å²) in [5.74, 6) is 0.0382. The third-order valence-electron chi connectivity index (χ3n) is 4.02. The maximum absolute atomic E-state index is 13.0. The molecule has 1 amide bonds. The lowest BCUT2D eigenvalue weighted by molar-refractivity contribution is 0.0775. The van der Waals surface area contributed by atoms with Gasteiger partial charge in [0.05, 0.1) is 27.2 Å². The van der Waals surface area contributed by atoms with Crippen molar-refractivity contribution in [3.63, 3.8) is 0 Å². The van der Waals surface area contributed by atoms with Crippen LogP contribution in [0.25, 0.3) is 21.6 Å². The maximum atomic E-state index is 13.0. The first kappa shape index (κ1) is 15.7. The van der Waals surface area contributed by atoms with E-state index in [9.17, 15) is 4.79 Å². The molecule has 6 heteroatoms. The standard InChI is InChI=1S/C17H20N4OS/c1-5-21(6-2)17(22)12-10-13(14-8-7-9-23-14)18-16-15(12)11(3)19-20(16)4/h7-10H,5-6H2,1-4H3. The smallest absolute Gasteiger partial charge is 0.254 e. The van der Waals surface area contributed by atoms with Crippen LogP contribution in [0.3, 0.4) is 0 Å². The van der Waals surface area contributed by atoms with Crippen LogP contribution in [0.15, 0.2) is 23.6 Å². The zero-order valence-corrected chi connectivity index (χ0v) is 14.6. The minimum Gasteiger partial charge on any atom is -0.339 e. The first-order valence-electron chi connectivity index (χ1n) is 7.74. The summed E-state index contributed by atoms with van der Waals surface area (Å²) in [6.07, 6.45) is 0. The molecule has 0 aromatic carbocycles. The molecule has 0 aliphatic heterocycles. The van der Waals surface area contributed by atoms with Crippen LogP contribution in [0.1, 0.15) is 29.9 Å². The predicted octanol–water partition coefficient (Wildman–Crippen LogP) is 3.49. The van der Waals surface area contributed by atoms with Gasteiger partial charge >= 0.3 is 0 Å². The number of pyridine rings is 1. The molecule has 3 rings (SSSR count). The summed E-state index contributed by atoms with van der Waals surface area (Å²) in [7, 11) is 1.87. The van der Waals surface area contributed by atoms with Crippen molar-refractivity contribution in [1.29, 1.82) is 0 Å². The van der Waals surface area contributed by atoms with Gasteiger partial charge in [0.25, 0.3) is 5.91 Å². The van der Waals surface area contributed by atoms with Crippen LogP contribution in [-0.4, -0.2) is 38.7 Å². The van der Waals surface area contributed by atoms with E-state index in [-0.39, 0.29) is 5.91 Å². The quantitative estimate of drug-likeness (QED) is 0.736. The zero-order valence-electron chi connectivity index (χ0n) is 13.8. The largest absolute Gasteiger partial charge is 0.339 e. The molecule has 3 aromatic heterocycles. The fraction of sp³-hybridized carbons (Fsp3) is 0.353. The number of hydrogen-bond acceptors (Lipinski definition) is 4. The molecule has 3 heterocycles. The van der Waals surface area contributed by atoms with Gasteiger partial charge < -0.3 is 4.90 Å². The van der Waals surface area contributed by atoms with Crippen molar-refractivity contribution >= 4 is 28.3 Å². The fourth-order valence-corrected chi connectivity index (χ4v) is 3.53. The summed E-state index contributed by atoms with van der Waals surface area (Å²) >= 11 is 1.62. The summed E-state index contributed by atoms with van der Waals surface area (Å²) in [6.45, 7) is 7.29. The molecule has 0 aliphatic carbocycles. The first-order valence-corrected chi connectivity index (χ1v) is 8.62. The molecule has 0 spiro atoms. The number of carbonyl (C=O) groups is 1. The average Bonchev–Trinajstić information content (AvgIpc) is 3.17. The van der Waals surface area contributed by atoms with Crippen molar-refractivity contribution in [2.45, 2.75) is 20.8 Å². The van der Waals surface area contributed by atoms with E-state index < -0.39 is 0 Å². The van der Waals surface area contributed by atoms with Crippen molar-refractivity contribution in [3.8, 4) is 10.6 Å². The van der Waals surface area contributed by atoms with Gasteiger partial charge in [-0.05, 0) is 38.3 Å².